The van der Waals surface area contributed by atoms with Gasteiger partial charge < -0.3 is 15.4 Å². The van der Waals surface area contributed by atoms with Crippen LogP contribution in [0.25, 0.3) is 0 Å². The number of benzene rings is 1. The molecule has 0 aliphatic carbocycles. The number of nitrogens with zero attached hydrogens (tertiary/aromatic N) is 3. The van der Waals surface area contributed by atoms with Crippen molar-refractivity contribution in [3.05, 3.63) is 58.6 Å². The number of carbonyl (C=O) groups excluding carboxylic acids is 3. The Morgan fingerprint density at radius 3 is 2.53 bits per heavy atom. The van der Waals surface area contributed by atoms with Gasteiger partial charge in [0, 0.05) is 10.9 Å². The van der Waals surface area contributed by atoms with Gasteiger partial charge in [-0.15, -0.1) is 21.5 Å². The molecule has 2 aromatic heterocycles. The summed E-state index contributed by atoms with van der Waals surface area (Å²) in [6.07, 6.45) is 0.0668. The summed E-state index contributed by atoms with van der Waals surface area (Å²) in [5.41, 5.74) is 2.14. The van der Waals surface area contributed by atoms with Crippen molar-refractivity contribution in [2.75, 3.05) is 23.0 Å². The molecule has 32 heavy (non-hydrogen) atoms. The number of hydrogen-bond donors (Lipinski definition) is 2. The van der Waals surface area contributed by atoms with Gasteiger partial charge in [-0.1, -0.05) is 29.5 Å². The van der Waals surface area contributed by atoms with E-state index in [-0.39, 0.29) is 30.0 Å². The molecule has 9 nitrogen and oxygen atoms in total. The van der Waals surface area contributed by atoms with Crippen LogP contribution < -0.4 is 10.6 Å². The molecule has 1 aromatic carbocycles. The van der Waals surface area contributed by atoms with Crippen LogP contribution in [-0.4, -0.2) is 45.3 Å². The molecule has 2 amide bonds. The van der Waals surface area contributed by atoms with E-state index in [2.05, 4.69) is 25.8 Å². The van der Waals surface area contributed by atoms with E-state index in [1.165, 1.54) is 23.1 Å². The van der Waals surface area contributed by atoms with Crippen LogP contribution in [0.4, 0.5) is 10.9 Å². The van der Waals surface area contributed by atoms with E-state index in [4.69, 9.17) is 4.74 Å². The van der Waals surface area contributed by atoms with E-state index in [1.807, 2.05) is 19.1 Å². The van der Waals surface area contributed by atoms with Crippen LogP contribution in [0.5, 0.6) is 0 Å². The first-order valence-corrected chi connectivity index (χ1v) is 11.5. The molecule has 0 fully saturated rings. The predicted molar refractivity (Wildman–Crippen MR) is 123 cm³/mol. The molecule has 3 aromatic rings. The van der Waals surface area contributed by atoms with Crippen LogP contribution >= 0.6 is 23.1 Å². The first-order chi connectivity index (χ1) is 15.4. The molecule has 0 saturated carbocycles. The Bertz CT molecular complexity index is 1080. The Morgan fingerprint density at radius 1 is 1.06 bits per heavy atom. The standard InChI is InChI=1S/C21H21N5O4S2/c1-3-30-19(28)10-15-11-32-21(22-15)24-17(27)12-31-18-9-8-16(25-26-18)23-20(29)14-6-4-13(2)5-7-14/h4-9,11H,3,10,12H2,1-2H3,(H,22,24,27)(H,23,25,29). The van der Waals surface area contributed by atoms with Gasteiger partial charge in [-0.05, 0) is 38.1 Å². The van der Waals surface area contributed by atoms with Gasteiger partial charge in [0.25, 0.3) is 5.91 Å². The third kappa shape index (κ3) is 7.13. The van der Waals surface area contributed by atoms with E-state index in [1.54, 1.807) is 36.6 Å². The average molecular weight is 472 g/mol. The van der Waals surface area contributed by atoms with Crippen molar-refractivity contribution in [1.82, 2.24) is 15.2 Å². The molecule has 2 heterocycles. The minimum Gasteiger partial charge on any atom is -0.466 e. The number of rotatable bonds is 9. The number of thiazole rings is 1. The van der Waals surface area contributed by atoms with Crippen LogP contribution in [0.1, 0.15) is 28.5 Å². The molecule has 166 valence electrons. The van der Waals surface area contributed by atoms with E-state index in [0.717, 1.165) is 5.56 Å². The highest BCUT2D eigenvalue weighted by Gasteiger charge is 2.12. The van der Waals surface area contributed by atoms with E-state index < -0.39 is 0 Å². The van der Waals surface area contributed by atoms with Crippen molar-refractivity contribution in [2.24, 2.45) is 0 Å². The maximum absolute atomic E-state index is 12.2. The zero-order valence-corrected chi connectivity index (χ0v) is 19.1. The number of thioether (sulfide) groups is 1. The highest BCUT2D eigenvalue weighted by Crippen LogP contribution is 2.19. The lowest BCUT2D eigenvalue weighted by Gasteiger charge is -2.05. The second-order valence-electron chi connectivity index (χ2n) is 6.54. The Balaban J connectivity index is 1.45. The van der Waals surface area contributed by atoms with Gasteiger partial charge in [0.15, 0.2) is 10.9 Å². The lowest BCUT2D eigenvalue weighted by molar-refractivity contribution is -0.142. The minimum atomic E-state index is -0.358. The molecule has 0 spiro atoms. The zero-order chi connectivity index (χ0) is 22.9. The van der Waals surface area contributed by atoms with Gasteiger partial charge in [0.1, 0.15) is 5.03 Å². The summed E-state index contributed by atoms with van der Waals surface area (Å²) in [6, 6.07) is 10.5. The SMILES string of the molecule is CCOC(=O)Cc1csc(NC(=O)CSc2ccc(NC(=O)c3ccc(C)cc3)nn2)n1. The number of esters is 1. The number of hydrogen-bond acceptors (Lipinski definition) is 9. The third-order valence-corrected chi connectivity index (χ3v) is 5.70. The summed E-state index contributed by atoms with van der Waals surface area (Å²) in [5.74, 6) is -0.462. The molecular weight excluding hydrogens is 450 g/mol. The van der Waals surface area contributed by atoms with Crippen molar-refractivity contribution in [1.29, 1.82) is 0 Å². The largest absolute Gasteiger partial charge is 0.466 e. The van der Waals surface area contributed by atoms with Gasteiger partial charge in [-0.3, -0.25) is 14.4 Å². The molecule has 11 heteroatoms. The molecular formula is C21H21N5O4S2. The summed E-state index contributed by atoms with van der Waals surface area (Å²) in [6.45, 7) is 4.00. The van der Waals surface area contributed by atoms with Crippen molar-refractivity contribution in [3.8, 4) is 0 Å². The number of amides is 2. The third-order valence-electron chi connectivity index (χ3n) is 3.98. The fourth-order valence-corrected chi connectivity index (χ4v) is 3.80. The van der Waals surface area contributed by atoms with E-state index in [9.17, 15) is 14.4 Å². The van der Waals surface area contributed by atoms with Gasteiger partial charge >= 0.3 is 5.97 Å². The highest BCUT2D eigenvalue weighted by molar-refractivity contribution is 7.99. The van der Waals surface area contributed by atoms with Crippen LogP contribution in [0, 0.1) is 6.92 Å². The minimum absolute atomic E-state index is 0.0668. The summed E-state index contributed by atoms with van der Waals surface area (Å²) in [4.78, 5) is 40.1. The number of ether oxygens (including phenoxy) is 1. The molecule has 0 aliphatic rings. The maximum Gasteiger partial charge on any atom is 0.311 e. The molecule has 0 unspecified atom stereocenters. The van der Waals surface area contributed by atoms with Crippen molar-refractivity contribution in [2.45, 2.75) is 25.3 Å². The fourth-order valence-electron chi connectivity index (χ4n) is 2.46. The van der Waals surface area contributed by atoms with Crippen molar-refractivity contribution < 1.29 is 19.1 Å². The first kappa shape index (κ1) is 23.4. The van der Waals surface area contributed by atoms with Crippen LogP contribution in [-0.2, 0) is 20.7 Å². The maximum atomic E-state index is 12.2. The monoisotopic (exact) mass is 471 g/mol. The van der Waals surface area contributed by atoms with Crippen LogP contribution in [0.2, 0.25) is 0 Å². The Kier molecular flexibility index (Phi) is 8.28. The predicted octanol–water partition coefficient (Wildman–Crippen LogP) is 3.33. The van der Waals surface area contributed by atoms with Gasteiger partial charge in [0.05, 0.1) is 24.5 Å². The Labute approximate surface area is 193 Å². The second-order valence-corrected chi connectivity index (χ2v) is 8.39. The molecule has 2 N–H and O–H groups in total. The zero-order valence-electron chi connectivity index (χ0n) is 17.5. The first-order valence-electron chi connectivity index (χ1n) is 9.67. The molecule has 0 radical (unpaired) electrons. The Hall–Kier alpha value is -3.31. The number of carbonyl (C=O) groups is 3. The average Bonchev–Trinajstić information content (AvgIpc) is 3.20. The summed E-state index contributed by atoms with van der Waals surface area (Å²) in [5, 5.41) is 16.0. The van der Waals surface area contributed by atoms with Gasteiger partial charge in [0.2, 0.25) is 5.91 Å². The topological polar surface area (TPSA) is 123 Å². The molecule has 0 atom stereocenters. The van der Waals surface area contributed by atoms with Crippen molar-refractivity contribution in [3.63, 3.8) is 0 Å². The smallest absolute Gasteiger partial charge is 0.311 e. The number of anilines is 2. The molecule has 0 saturated heterocycles. The Morgan fingerprint density at radius 2 is 1.84 bits per heavy atom. The quantitative estimate of drug-likeness (QED) is 0.360. The normalized spacial score (nSPS) is 10.4. The van der Waals surface area contributed by atoms with Gasteiger partial charge in [-0.25, -0.2) is 4.98 Å². The lowest BCUT2D eigenvalue weighted by Crippen LogP contribution is -2.15. The van der Waals surface area contributed by atoms with Crippen molar-refractivity contribution >= 4 is 51.8 Å². The molecule has 0 aliphatic heterocycles. The summed E-state index contributed by atoms with van der Waals surface area (Å²) < 4.78 is 4.88. The second kappa shape index (κ2) is 11.3. The summed E-state index contributed by atoms with van der Waals surface area (Å²) in [7, 11) is 0. The lowest BCUT2D eigenvalue weighted by atomic mass is 10.1. The van der Waals surface area contributed by atoms with E-state index >= 15 is 0 Å². The fraction of sp³-hybridized carbons (Fsp3) is 0.238. The molecule has 0 bridgehead atoms. The number of nitrogens with one attached hydrogen (secondary N) is 2. The van der Waals surface area contributed by atoms with Crippen LogP contribution in [0.15, 0.2) is 46.8 Å². The highest BCUT2D eigenvalue weighted by atomic mass is 32.2. The number of aryl methyl sites for hydroxylation is 1. The number of aromatic nitrogens is 3. The van der Waals surface area contributed by atoms with Gasteiger partial charge in [-0.2, -0.15) is 0 Å². The van der Waals surface area contributed by atoms with Crippen LogP contribution in [0.3, 0.4) is 0 Å². The summed E-state index contributed by atoms with van der Waals surface area (Å²) >= 11 is 2.44. The van der Waals surface area contributed by atoms with E-state index in [0.29, 0.717) is 33.8 Å². The molecule has 3 rings (SSSR count).